The van der Waals surface area contributed by atoms with E-state index in [0.29, 0.717) is 17.8 Å². The van der Waals surface area contributed by atoms with Gasteiger partial charge in [0.15, 0.2) is 0 Å². The van der Waals surface area contributed by atoms with Gasteiger partial charge < -0.3 is 5.32 Å². The third-order valence-electron chi connectivity index (χ3n) is 3.05. The summed E-state index contributed by atoms with van der Waals surface area (Å²) in [6, 6.07) is 13.0. The fourth-order valence-corrected chi connectivity index (χ4v) is 3.01. The van der Waals surface area contributed by atoms with E-state index in [0.717, 1.165) is 5.56 Å². The fraction of sp³-hybridized carbons (Fsp3) is 0.188. The first-order chi connectivity index (χ1) is 10.4. The Kier molecular flexibility index (Phi) is 4.82. The molecule has 0 aliphatic rings. The van der Waals surface area contributed by atoms with Gasteiger partial charge in [0.05, 0.1) is 4.90 Å². The van der Waals surface area contributed by atoms with Gasteiger partial charge in [0, 0.05) is 17.8 Å². The molecule has 0 aliphatic heterocycles. The molecule has 0 aliphatic carbocycles. The molecule has 6 heteroatoms. The number of aryl methyl sites for hydroxylation is 1. The van der Waals surface area contributed by atoms with E-state index in [-0.39, 0.29) is 10.8 Å². The average molecular weight is 318 g/mol. The first-order valence-electron chi connectivity index (χ1n) is 6.90. The maximum atomic E-state index is 12.4. The number of sulfonamides is 1. The zero-order valence-electron chi connectivity index (χ0n) is 12.5. The molecule has 0 saturated carbocycles. The summed E-state index contributed by atoms with van der Waals surface area (Å²) >= 11 is 0. The summed E-state index contributed by atoms with van der Waals surface area (Å²) in [5.41, 5.74) is 1.84. The number of carbonyl (C=O) groups excluding carboxylic acids is 1. The van der Waals surface area contributed by atoms with Crippen molar-refractivity contribution in [3.63, 3.8) is 0 Å². The van der Waals surface area contributed by atoms with Crippen LogP contribution in [-0.2, 0) is 10.0 Å². The van der Waals surface area contributed by atoms with Crippen LogP contribution in [0.3, 0.4) is 0 Å². The second-order valence-corrected chi connectivity index (χ2v) is 6.54. The maximum Gasteiger partial charge on any atom is 0.261 e. The van der Waals surface area contributed by atoms with Crippen molar-refractivity contribution in [3.05, 3.63) is 59.7 Å². The number of nitrogens with one attached hydrogen (secondary N) is 2. The molecular formula is C16H18N2O3S. The van der Waals surface area contributed by atoms with Gasteiger partial charge in [-0.3, -0.25) is 9.52 Å². The van der Waals surface area contributed by atoms with Crippen LogP contribution >= 0.6 is 0 Å². The van der Waals surface area contributed by atoms with Gasteiger partial charge in [0.1, 0.15) is 0 Å². The van der Waals surface area contributed by atoms with Crippen LogP contribution in [-0.4, -0.2) is 20.9 Å². The molecule has 0 radical (unpaired) electrons. The Hall–Kier alpha value is -2.34. The molecule has 0 heterocycles. The molecule has 116 valence electrons. The number of anilines is 1. The summed E-state index contributed by atoms with van der Waals surface area (Å²) in [7, 11) is -3.73. The van der Waals surface area contributed by atoms with E-state index in [1.54, 1.807) is 31.2 Å². The summed E-state index contributed by atoms with van der Waals surface area (Å²) in [5, 5.41) is 2.64. The van der Waals surface area contributed by atoms with Crippen LogP contribution in [0.1, 0.15) is 22.8 Å². The number of benzene rings is 2. The first kappa shape index (κ1) is 16.0. The monoisotopic (exact) mass is 318 g/mol. The zero-order chi connectivity index (χ0) is 16.2. The second-order valence-electron chi connectivity index (χ2n) is 4.86. The van der Waals surface area contributed by atoms with Crippen LogP contribution < -0.4 is 10.0 Å². The van der Waals surface area contributed by atoms with Crippen molar-refractivity contribution in [3.8, 4) is 0 Å². The molecule has 0 unspecified atom stereocenters. The van der Waals surface area contributed by atoms with Crippen molar-refractivity contribution in [2.75, 3.05) is 11.3 Å². The first-order valence-corrected chi connectivity index (χ1v) is 8.38. The highest BCUT2D eigenvalue weighted by Gasteiger charge is 2.16. The molecule has 2 N–H and O–H groups in total. The van der Waals surface area contributed by atoms with Crippen LogP contribution in [0.4, 0.5) is 5.69 Å². The van der Waals surface area contributed by atoms with Crippen molar-refractivity contribution >= 4 is 21.6 Å². The topological polar surface area (TPSA) is 75.3 Å². The molecular weight excluding hydrogens is 300 g/mol. The van der Waals surface area contributed by atoms with Gasteiger partial charge in [-0.25, -0.2) is 8.42 Å². The molecule has 0 saturated heterocycles. The summed E-state index contributed by atoms with van der Waals surface area (Å²) in [6.07, 6.45) is 0. The van der Waals surface area contributed by atoms with Crippen LogP contribution in [0.2, 0.25) is 0 Å². The molecule has 2 rings (SSSR count). The number of amides is 1. The lowest BCUT2D eigenvalue weighted by molar-refractivity contribution is 0.0955. The van der Waals surface area contributed by atoms with Gasteiger partial charge in [-0.05, 0) is 44.2 Å². The molecule has 0 spiro atoms. The summed E-state index contributed by atoms with van der Waals surface area (Å²) in [6.45, 7) is 4.21. The highest BCUT2D eigenvalue weighted by molar-refractivity contribution is 7.92. The lowest BCUT2D eigenvalue weighted by Crippen LogP contribution is -2.23. The van der Waals surface area contributed by atoms with E-state index in [1.807, 2.05) is 19.1 Å². The van der Waals surface area contributed by atoms with E-state index in [1.165, 1.54) is 12.1 Å². The van der Waals surface area contributed by atoms with Crippen molar-refractivity contribution in [1.82, 2.24) is 5.32 Å². The standard InChI is InChI=1S/C16H18N2O3S/c1-3-17-16(19)13-5-4-6-15(11-13)22(20,21)18-14-9-7-12(2)8-10-14/h4-11,18H,3H2,1-2H3,(H,17,19). The number of carbonyl (C=O) groups is 1. The van der Waals surface area contributed by atoms with Gasteiger partial charge in [-0.1, -0.05) is 23.8 Å². The molecule has 0 bridgehead atoms. The molecule has 2 aromatic carbocycles. The van der Waals surface area contributed by atoms with Gasteiger partial charge in [0.25, 0.3) is 15.9 Å². The van der Waals surface area contributed by atoms with Crippen molar-refractivity contribution in [2.45, 2.75) is 18.7 Å². The van der Waals surface area contributed by atoms with Gasteiger partial charge in [-0.15, -0.1) is 0 Å². The zero-order valence-corrected chi connectivity index (χ0v) is 13.3. The molecule has 5 nitrogen and oxygen atoms in total. The van der Waals surface area contributed by atoms with E-state index < -0.39 is 10.0 Å². The van der Waals surface area contributed by atoms with Gasteiger partial charge in [-0.2, -0.15) is 0 Å². The van der Waals surface area contributed by atoms with E-state index in [9.17, 15) is 13.2 Å². The Balaban J connectivity index is 2.27. The predicted octanol–water partition coefficient (Wildman–Crippen LogP) is 2.55. The van der Waals surface area contributed by atoms with E-state index in [4.69, 9.17) is 0 Å². The Labute approximate surface area is 130 Å². The summed E-state index contributed by atoms with van der Waals surface area (Å²) in [4.78, 5) is 11.8. The Morgan fingerprint density at radius 3 is 2.41 bits per heavy atom. The average Bonchev–Trinajstić information content (AvgIpc) is 2.50. The number of hydrogen-bond acceptors (Lipinski definition) is 3. The SMILES string of the molecule is CCNC(=O)c1cccc(S(=O)(=O)Nc2ccc(C)cc2)c1. The molecule has 0 atom stereocenters. The Morgan fingerprint density at radius 2 is 1.77 bits per heavy atom. The van der Waals surface area contributed by atoms with Crippen molar-refractivity contribution < 1.29 is 13.2 Å². The maximum absolute atomic E-state index is 12.4. The number of rotatable bonds is 5. The Morgan fingerprint density at radius 1 is 1.09 bits per heavy atom. The van der Waals surface area contributed by atoms with Crippen LogP contribution in [0, 0.1) is 6.92 Å². The molecule has 1 amide bonds. The Bertz CT molecular complexity index is 768. The highest BCUT2D eigenvalue weighted by atomic mass is 32.2. The normalized spacial score (nSPS) is 11.0. The summed E-state index contributed by atoms with van der Waals surface area (Å²) < 4.78 is 27.3. The van der Waals surface area contributed by atoms with Gasteiger partial charge in [0.2, 0.25) is 0 Å². The van der Waals surface area contributed by atoms with E-state index >= 15 is 0 Å². The lowest BCUT2D eigenvalue weighted by Gasteiger charge is -2.09. The number of hydrogen-bond donors (Lipinski definition) is 2. The molecule has 22 heavy (non-hydrogen) atoms. The van der Waals surface area contributed by atoms with Crippen LogP contribution in [0.5, 0.6) is 0 Å². The van der Waals surface area contributed by atoms with Crippen molar-refractivity contribution in [2.24, 2.45) is 0 Å². The van der Waals surface area contributed by atoms with Crippen molar-refractivity contribution in [1.29, 1.82) is 0 Å². The molecule has 0 aromatic heterocycles. The third kappa shape index (κ3) is 3.85. The van der Waals surface area contributed by atoms with E-state index in [2.05, 4.69) is 10.0 Å². The minimum atomic E-state index is -3.73. The fourth-order valence-electron chi connectivity index (χ4n) is 1.90. The molecule has 0 fully saturated rings. The minimum Gasteiger partial charge on any atom is -0.352 e. The molecule has 2 aromatic rings. The van der Waals surface area contributed by atoms with Gasteiger partial charge >= 0.3 is 0 Å². The quantitative estimate of drug-likeness (QED) is 0.889. The second kappa shape index (κ2) is 6.62. The minimum absolute atomic E-state index is 0.0526. The van der Waals surface area contributed by atoms with Crippen LogP contribution in [0.15, 0.2) is 53.4 Å². The highest BCUT2D eigenvalue weighted by Crippen LogP contribution is 2.17. The predicted molar refractivity (Wildman–Crippen MR) is 86.4 cm³/mol. The lowest BCUT2D eigenvalue weighted by atomic mass is 10.2. The van der Waals surface area contributed by atoms with Crippen LogP contribution in [0.25, 0.3) is 0 Å². The summed E-state index contributed by atoms with van der Waals surface area (Å²) in [5.74, 6) is -0.296. The smallest absolute Gasteiger partial charge is 0.261 e. The largest absolute Gasteiger partial charge is 0.352 e. The third-order valence-corrected chi connectivity index (χ3v) is 4.43.